The minimum atomic E-state index is -2.30. The van der Waals surface area contributed by atoms with E-state index in [0.717, 1.165) is 0 Å². The van der Waals surface area contributed by atoms with Gasteiger partial charge in [-0.25, -0.2) is 9.97 Å². The number of imidazole rings is 1. The van der Waals surface area contributed by atoms with Crippen LogP contribution in [0.1, 0.15) is 74.4 Å². The number of aromatic amines is 1. The van der Waals surface area contributed by atoms with Crippen LogP contribution in [-0.4, -0.2) is 69.4 Å². The van der Waals surface area contributed by atoms with Crippen LogP contribution in [0.5, 0.6) is 0 Å². The van der Waals surface area contributed by atoms with Crippen molar-refractivity contribution < 1.29 is 18.0 Å². The predicted molar refractivity (Wildman–Crippen MR) is 174 cm³/mol. The summed E-state index contributed by atoms with van der Waals surface area (Å²) < 4.78 is 30.1. The third-order valence-electron chi connectivity index (χ3n) is 10.1. The second kappa shape index (κ2) is 11.1. The highest BCUT2D eigenvalue weighted by molar-refractivity contribution is 6.75. The molecule has 12 heteroatoms. The number of fused-ring (bicyclic) bond motifs is 1. The van der Waals surface area contributed by atoms with E-state index in [2.05, 4.69) is 117 Å². The van der Waals surface area contributed by atoms with E-state index in [1.165, 1.54) is 6.33 Å². The summed E-state index contributed by atoms with van der Waals surface area (Å²) in [7, 11) is -6.64. The lowest BCUT2D eigenvalue weighted by Gasteiger charge is -2.44. The standard InChI is InChI=1S/C29H56N4O5Si3/c1-19-32-21-24(30-18-31-25(21)34)33(19)26-23(38-41(15,16)29(8,9)10)22(37-40(13,14)28(5,6)7)20(36-26)17-35-39(11,12)27(2,3)4/h18,20,22-23,26H,17H2,1-16H3,(H,30,31,34)/t20-,22-,23-,26-/m1/s1. The molecule has 3 rings (SSSR count). The molecule has 0 aromatic carbocycles. The second-order valence-electron chi connectivity index (χ2n) is 16.3. The molecule has 4 atom stereocenters. The first kappa shape index (κ1) is 34.3. The molecule has 1 saturated heterocycles. The van der Waals surface area contributed by atoms with Crippen molar-refractivity contribution in [2.24, 2.45) is 0 Å². The Morgan fingerprint density at radius 2 is 1.34 bits per heavy atom. The Morgan fingerprint density at radius 1 is 0.854 bits per heavy atom. The molecule has 0 amide bonds. The highest BCUT2D eigenvalue weighted by Gasteiger charge is 2.55. The molecular formula is C29H56N4O5Si3. The SMILES string of the molecule is Cc1nc2c(=O)[nH]cnc2n1[C@@H]1O[C@H](CO[Si](C)(C)C(C)(C)C)[C@@H](O[Si](C)(C)C(C)(C)C)[C@H]1O[Si](C)(C)C(C)(C)C. The summed E-state index contributed by atoms with van der Waals surface area (Å²) in [5.74, 6) is 0.648. The Kier molecular flexibility index (Phi) is 9.28. The monoisotopic (exact) mass is 624 g/mol. The molecule has 1 N–H and O–H groups in total. The maximum atomic E-state index is 12.7. The van der Waals surface area contributed by atoms with E-state index in [-0.39, 0.29) is 32.9 Å². The van der Waals surface area contributed by atoms with Gasteiger partial charge < -0.3 is 23.0 Å². The summed E-state index contributed by atoms with van der Waals surface area (Å²) in [4.78, 5) is 24.4. The van der Waals surface area contributed by atoms with Crippen LogP contribution in [0.25, 0.3) is 11.2 Å². The normalized spacial score (nSPS) is 23.5. The van der Waals surface area contributed by atoms with Gasteiger partial charge in [-0.3, -0.25) is 9.36 Å². The number of hydrogen-bond donors (Lipinski definition) is 1. The molecule has 0 aliphatic carbocycles. The van der Waals surface area contributed by atoms with E-state index >= 15 is 0 Å². The van der Waals surface area contributed by atoms with Gasteiger partial charge in [-0.15, -0.1) is 0 Å². The maximum Gasteiger partial charge on any atom is 0.278 e. The largest absolute Gasteiger partial charge is 0.414 e. The average molecular weight is 625 g/mol. The van der Waals surface area contributed by atoms with Crippen LogP contribution in [0.4, 0.5) is 0 Å². The molecule has 2 aromatic rings. The smallest absolute Gasteiger partial charge is 0.278 e. The summed E-state index contributed by atoms with van der Waals surface area (Å²) >= 11 is 0. The first-order valence-electron chi connectivity index (χ1n) is 14.9. The minimum absolute atomic E-state index is 0.0100. The fraction of sp³-hybridized carbons (Fsp3) is 0.828. The fourth-order valence-corrected chi connectivity index (χ4v) is 7.81. The van der Waals surface area contributed by atoms with Crippen LogP contribution < -0.4 is 5.56 Å². The number of H-pyrrole nitrogens is 1. The Morgan fingerprint density at radius 3 is 1.83 bits per heavy atom. The predicted octanol–water partition coefficient (Wildman–Crippen LogP) is 7.13. The van der Waals surface area contributed by atoms with Crippen LogP contribution in [0.15, 0.2) is 11.1 Å². The molecule has 0 bridgehead atoms. The van der Waals surface area contributed by atoms with E-state index in [9.17, 15) is 4.79 Å². The molecule has 234 valence electrons. The fourth-order valence-electron chi connectivity index (χ4n) is 4.19. The van der Waals surface area contributed by atoms with Crippen molar-refractivity contribution in [1.29, 1.82) is 0 Å². The molecule has 3 heterocycles. The summed E-state index contributed by atoms with van der Waals surface area (Å²) in [6.07, 6.45) is -0.320. The maximum absolute atomic E-state index is 12.7. The summed E-state index contributed by atoms with van der Waals surface area (Å²) in [5, 5.41) is 0.0140. The van der Waals surface area contributed by atoms with Gasteiger partial charge in [0.05, 0.1) is 12.9 Å². The summed E-state index contributed by atoms with van der Waals surface area (Å²) in [5.41, 5.74) is 0.503. The van der Waals surface area contributed by atoms with Gasteiger partial charge >= 0.3 is 0 Å². The van der Waals surface area contributed by atoms with Gasteiger partial charge in [0.25, 0.3) is 5.56 Å². The molecule has 0 radical (unpaired) electrons. The molecule has 0 unspecified atom stereocenters. The van der Waals surface area contributed by atoms with Gasteiger partial charge in [0.15, 0.2) is 42.3 Å². The van der Waals surface area contributed by atoms with Gasteiger partial charge in [0, 0.05) is 0 Å². The molecule has 0 spiro atoms. The van der Waals surface area contributed by atoms with Crippen LogP contribution in [0, 0.1) is 6.92 Å². The summed E-state index contributed by atoms with van der Waals surface area (Å²) in [6.45, 7) is 36.1. The van der Waals surface area contributed by atoms with E-state index in [1.807, 2.05) is 11.5 Å². The molecule has 41 heavy (non-hydrogen) atoms. The van der Waals surface area contributed by atoms with Crippen LogP contribution >= 0.6 is 0 Å². The Labute approximate surface area is 250 Å². The van der Waals surface area contributed by atoms with Gasteiger partial charge in [0.2, 0.25) is 0 Å². The van der Waals surface area contributed by atoms with Crippen molar-refractivity contribution in [1.82, 2.24) is 19.5 Å². The Bertz CT molecular complexity index is 1280. The molecule has 9 nitrogen and oxygen atoms in total. The number of hydrogen-bond acceptors (Lipinski definition) is 7. The van der Waals surface area contributed by atoms with Crippen molar-refractivity contribution in [3.05, 3.63) is 22.5 Å². The highest BCUT2D eigenvalue weighted by Crippen LogP contribution is 2.47. The number of ether oxygens (including phenoxy) is 1. The third-order valence-corrected chi connectivity index (χ3v) is 23.5. The van der Waals surface area contributed by atoms with Crippen LogP contribution in [-0.2, 0) is 18.0 Å². The minimum Gasteiger partial charge on any atom is -0.414 e. The number of rotatable bonds is 8. The third kappa shape index (κ3) is 6.83. The van der Waals surface area contributed by atoms with Crippen molar-refractivity contribution in [3.8, 4) is 0 Å². The van der Waals surface area contributed by atoms with E-state index < -0.39 is 37.3 Å². The Balaban J connectivity index is 2.20. The van der Waals surface area contributed by atoms with Crippen LogP contribution in [0.2, 0.25) is 54.4 Å². The zero-order chi connectivity index (χ0) is 31.6. The van der Waals surface area contributed by atoms with Crippen molar-refractivity contribution in [3.63, 3.8) is 0 Å². The Hall–Kier alpha value is -1.16. The second-order valence-corrected chi connectivity index (χ2v) is 30.6. The van der Waals surface area contributed by atoms with Gasteiger partial charge in [-0.2, -0.15) is 0 Å². The van der Waals surface area contributed by atoms with Gasteiger partial charge in [0.1, 0.15) is 24.1 Å². The lowest BCUT2D eigenvalue weighted by atomic mass is 10.1. The zero-order valence-electron chi connectivity index (χ0n) is 28.5. The molecule has 1 aliphatic heterocycles. The first-order valence-corrected chi connectivity index (χ1v) is 23.6. The van der Waals surface area contributed by atoms with E-state index in [4.69, 9.17) is 18.0 Å². The molecule has 1 fully saturated rings. The lowest BCUT2D eigenvalue weighted by Crippen LogP contribution is -2.54. The van der Waals surface area contributed by atoms with Crippen molar-refractivity contribution >= 4 is 36.1 Å². The number of aromatic nitrogens is 4. The quantitative estimate of drug-likeness (QED) is 0.312. The van der Waals surface area contributed by atoms with E-state index in [1.54, 1.807) is 0 Å². The number of nitrogens with one attached hydrogen (secondary N) is 1. The first-order chi connectivity index (χ1) is 18.3. The van der Waals surface area contributed by atoms with E-state index in [0.29, 0.717) is 23.6 Å². The number of aryl methyl sites for hydroxylation is 1. The molecule has 1 aliphatic rings. The average Bonchev–Trinajstić information content (AvgIpc) is 3.27. The lowest BCUT2D eigenvalue weighted by molar-refractivity contribution is -0.0479. The van der Waals surface area contributed by atoms with Crippen LogP contribution in [0.3, 0.4) is 0 Å². The topological polar surface area (TPSA) is 100 Å². The van der Waals surface area contributed by atoms with Crippen molar-refractivity contribution in [2.75, 3.05) is 6.61 Å². The highest BCUT2D eigenvalue weighted by atomic mass is 28.4. The molecule has 2 aromatic heterocycles. The number of nitrogens with zero attached hydrogens (tertiary/aromatic N) is 3. The molecular weight excluding hydrogens is 569 g/mol. The van der Waals surface area contributed by atoms with Crippen molar-refractivity contribution in [2.45, 2.75) is 148 Å². The van der Waals surface area contributed by atoms with Gasteiger partial charge in [-0.1, -0.05) is 62.3 Å². The zero-order valence-corrected chi connectivity index (χ0v) is 31.5. The molecule has 0 saturated carbocycles. The summed E-state index contributed by atoms with van der Waals surface area (Å²) in [6, 6.07) is 0. The van der Waals surface area contributed by atoms with Gasteiger partial charge in [-0.05, 0) is 61.3 Å².